The predicted octanol–water partition coefficient (Wildman–Crippen LogP) is 2.41. The van der Waals surface area contributed by atoms with E-state index in [1.807, 2.05) is 6.07 Å². The molecule has 2 aromatic carbocycles. The topological polar surface area (TPSA) is 52.8 Å². The van der Waals surface area contributed by atoms with Gasteiger partial charge in [-0.15, -0.1) is 0 Å². The standard InChI is InChI=1S/C23H32N4O/c1-25-11-4-12-27(14-13-25)18-19-7-9-21(10-8-19)22-6-3-5-20(15-22)17-26(2)23(28)16-24/h3,5-10,15H,4,11-14,16-18,24H2,1-2H3. The Balaban J connectivity index is 1.64. The highest BCUT2D eigenvalue weighted by atomic mass is 16.2. The van der Waals surface area contributed by atoms with Gasteiger partial charge in [0.15, 0.2) is 0 Å². The minimum absolute atomic E-state index is 0.0466. The number of hydrogen-bond acceptors (Lipinski definition) is 4. The lowest BCUT2D eigenvalue weighted by Crippen LogP contribution is -2.32. The molecule has 2 aromatic rings. The second-order valence-electron chi connectivity index (χ2n) is 7.78. The number of nitrogens with two attached hydrogens (primary N) is 1. The monoisotopic (exact) mass is 380 g/mol. The third kappa shape index (κ3) is 5.64. The van der Waals surface area contributed by atoms with E-state index < -0.39 is 0 Å². The van der Waals surface area contributed by atoms with E-state index in [9.17, 15) is 4.79 Å². The molecule has 5 heteroatoms. The molecule has 1 fully saturated rings. The maximum Gasteiger partial charge on any atom is 0.236 e. The van der Waals surface area contributed by atoms with Crippen molar-refractivity contribution in [1.82, 2.24) is 14.7 Å². The summed E-state index contributed by atoms with van der Waals surface area (Å²) in [5, 5.41) is 0. The third-order valence-corrected chi connectivity index (χ3v) is 5.45. The van der Waals surface area contributed by atoms with Gasteiger partial charge in [-0.2, -0.15) is 0 Å². The van der Waals surface area contributed by atoms with Gasteiger partial charge in [-0.05, 0) is 54.9 Å². The minimum atomic E-state index is -0.0468. The Hall–Kier alpha value is -2.21. The van der Waals surface area contributed by atoms with Crippen LogP contribution in [-0.4, -0.2) is 67.4 Å². The quantitative estimate of drug-likeness (QED) is 0.836. The first-order valence-electron chi connectivity index (χ1n) is 10.1. The highest BCUT2D eigenvalue weighted by Crippen LogP contribution is 2.22. The van der Waals surface area contributed by atoms with Gasteiger partial charge in [0.1, 0.15) is 0 Å². The van der Waals surface area contributed by atoms with Crippen LogP contribution in [-0.2, 0) is 17.9 Å². The van der Waals surface area contributed by atoms with Crippen LogP contribution >= 0.6 is 0 Å². The van der Waals surface area contributed by atoms with Crippen LogP contribution in [0.2, 0.25) is 0 Å². The van der Waals surface area contributed by atoms with E-state index in [1.165, 1.54) is 36.2 Å². The Morgan fingerprint density at radius 1 is 1.00 bits per heavy atom. The van der Waals surface area contributed by atoms with Gasteiger partial charge in [-0.3, -0.25) is 9.69 Å². The van der Waals surface area contributed by atoms with E-state index in [4.69, 9.17) is 5.73 Å². The van der Waals surface area contributed by atoms with Crippen molar-refractivity contribution in [3.63, 3.8) is 0 Å². The molecule has 0 bridgehead atoms. The Morgan fingerprint density at radius 2 is 1.79 bits per heavy atom. The average Bonchev–Trinajstić information content (AvgIpc) is 2.92. The fraction of sp³-hybridized carbons (Fsp3) is 0.435. The van der Waals surface area contributed by atoms with Gasteiger partial charge in [-0.1, -0.05) is 42.5 Å². The van der Waals surface area contributed by atoms with Crippen molar-refractivity contribution in [1.29, 1.82) is 0 Å². The summed E-state index contributed by atoms with van der Waals surface area (Å²) in [6, 6.07) is 17.2. The highest BCUT2D eigenvalue weighted by Gasteiger charge is 2.12. The Labute approximate surface area is 168 Å². The fourth-order valence-electron chi connectivity index (χ4n) is 3.69. The summed E-state index contributed by atoms with van der Waals surface area (Å²) in [4.78, 5) is 18.3. The van der Waals surface area contributed by atoms with Crippen molar-refractivity contribution < 1.29 is 4.79 Å². The van der Waals surface area contributed by atoms with Crippen LogP contribution in [0.1, 0.15) is 17.5 Å². The van der Waals surface area contributed by atoms with Gasteiger partial charge in [0.25, 0.3) is 0 Å². The highest BCUT2D eigenvalue weighted by molar-refractivity contribution is 5.77. The number of rotatable bonds is 6. The molecule has 2 N–H and O–H groups in total. The van der Waals surface area contributed by atoms with Gasteiger partial charge in [0.05, 0.1) is 6.54 Å². The molecule has 1 amide bonds. The van der Waals surface area contributed by atoms with Gasteiger partial charge in [0, 0.05) is 33.2 Å². The summed E-state index contributed by atoms with van der Waals surface area (Å²) in [5.74, 6) is -0.0468. The summed E-state index contributed by atoms with van der Waals surface area (Å²) in [6.45, 7) is 6.28. The maximum absolute atomic E-state index is 11.7. The minimum Gasteiger partial charge on any atom is -0.340 e. The lowest BCUT2D eigenvalue weighted by Gasteiger charge is -2.20. The Bertz CT molecular complexity index is 774. The molecule has 5 nitrogen and oxygen atoms in total. The third-order valence-electron chi connectivity index (χ3n) is 5.45. The number of amides is 1. The molecular formula is C23H32N4O. The fourth-order valence-corrected chi connectivity index (χ4v) is 3.69. The number of carbonyl (C=O) groups excluding carboxylic acids is 1. The zero-order chi connectivity index (χ0) is 19.9. The van der Waals surface area contributed by atoms with Crippen LogP contribution in [0.15, 0.2) is 48.5 Å². The van der Waals surface area contributed by atoms with Crippen LogP contribution in [0.3, 0.4) is 0 Å². The van der Waals surface area contributed by atoms with E-state index in [1.54, 1.807) is 11.9 Å². The van der Waals surface area contributed by atoms with E-state index in [2.05, 4.69) is 59.3 Å². The Kier molecular flexibility index (Phi) is 7.20. The number of carbonyl (C=O) groups is 1. The zero-order valence-electron chi connectivity index (χ0n) is 17.1. The first kappa shape index (κ1) is 20.5. The van der Waals surface area contributed by atoms with Gasteiger partial charge >= 0.3 is 0 Å². The van der Waals surface area contributed by atoms with Crippen LogP contribution in [0, 0.1) is 0 Å². The second-order valence-corrected chi connectivity index (χ2v) is 7.78. The maximum atomic E-state index is 11.7. The lowest BCUT2D eigenvalue weighted by atomic mass is 10.0. The molecule has 3 rings (SSSR count). The average molecular weight is 381 g/mol. The van der Waals surface area contributed by atoms with E-state index in [0.29, 0.717) is 6.54 Å². The zero-order valence-corrected chi connectivity index (χ0v) is 17.1. The SMILES string of the molecule is CN1CCCN(Cc2ccc(-c3cccc(CN(C)C(=O)CN)c3)cc2)CC1. The normalized spacial score (nSPS) is 16.0. The molecule has 0 spiro atoms. The predicted molar refractivity (Wildman–Crippen MR) is 115 cm³/mol. The van der Waals surface area contributed by atoms with Gasteiger partial charge < -0.3 is 15.5 Å². The van der Waals surface area contributed by atoms with Crippen LogP contribution in [0.4, 0.5) is 0 Å². The lowest BCUT2D eigenvalue weighted by molar-refractivity contribution is -0.128. The molecule has 1 heterocycles. The molecule has 28 heavy (non-hydrogen) atoms. The van der Waals surface area contributed by atoms with Crippen LogP contribution in [0.25, 0.3) is 11.1 Å². The number of likely N-dealkylation sites (N-methyl/N-ethyl adjacent to an activating group) is 2. The molecule has 0 radical (unpaired) electrons. The molecule has 0 aromatic heterocycles. The molecule has 1 aliphatic heterocycles. The van der Waals surface area contributed by atoms with Crippen molar-refractivity contribution in [2.45, 2.75) is 19.5 Å². The largest absolute Gasteiger partial charge is 0.340 e. The molecule has 1 aliphatic rings. The summed E-state index contributed by atoms with van der Waals surface area (Å²) in [6.07, 6.45) is 1.24. The number of hydrogen-bond donors (Lipinski definition) is 1. The van der Waals surface area contributed by atoms with Crippen LogP contribution in [0.5, 0.6) is 0 Å². The second kappa shape index (κ2) is 9.82. The molecule has 0 saturated carbocycles. The summed E-state index contributed by atoms with van der Waals surface area (Å²) in [5.41, 5.74) is 10.3. The van der Waals surface area contributed by atoms with Crippen molar-refractivity contribution in [3.05, 3.63) is 59.7 Å². The van der Waals surface area contributed by atoms with Crippen molar-refractivity contribution in [3.8, 4) is 11.1 Å². The Morgan fingerprint density at radius 3 is 2.54 bits per heavy atom. The molecule has 0 atom stereocenters. The van der Waals surface area contributed by atoms with E-state index >= 15 is 0 Å². The molecule has 0 unspecified atom stereocenters. The van der Waals surface area contributed by atoms with Crippen LogP contribution < -0.4 is 5.73 Å². The first-order chi connectivity index (χ1) is 13.5. The van der Waals surface area contributed by atoms with Crippen molar-refractivity contribution >= 4 is 5.91 Å². The number of benzene rings is 2. The van der Waals surface area contributed by atoms with E-state index in [0.717, 1.165) is 25.2 Å². The molecule has 150 valence electrons. The summed E-state index contributed by atoms with van der Waals surface area (Å²) >= 11 is 0. The first-order valence-corrected chi connectivity index (χ1v) is 10.1. The molecule has 0 aliphatic carbocycles. The van der Waals surface area contributed by atoms with Gasteiger partial charge in [-0.25, -0.2) is 0 Å². The van der Waals surface area contributed by atoms with Gasteiger partial charge in [0.2, 0.25) is 5.91 Å². The van der Waals surface area contributed by atoms with Crippen molar-refractivity contribution in [2.75, 3.05) is 46.8 Å². The molecule has 1 saturated heterocycles. The van der Waals surface area contributed by atoms with E-state index in [-0.39, 0.29) is 12.5 Å². The summed E-state index contributed by atoms with van der Waals surface area (Å²) < 4.78 is 0. The molecular weight excluding hydrogens is 348 g/mol. The van der Waals surface area contributed by atoms with Crippen molar-refractivity contribution in [2.24, 2.45) is 5.73 Å². The summed E-state index contributed by atoms with van der Waals surface area (Å²) in [7, 11) is 3.99. The number of nitrogens with zero attached hydrogens (tertiary/aromatic N) is 3. The smallest absolute Gasteiger partial charge is 0.236 e.